The number of rotatable bonds is 7. The van der Waals surface area contributed by atoms with E-state index in [1.54, 1.807) is 12.1 Å². The lowest BCUT2D eigenvalue weighted by atomic mass is 10.0. The summed E-state index contributed by atoms with van der Waals surface area (Å²) in [6.07, 6.45) is 0. The molecule has 3 aromatic rings. The zero-order valence-corrected chi connectivity index (χ0v) is 16.1. The number of carbonyl (C=O) groups excluding carboxylic acids is 1. The molecular formula is C19H18N4O4S. The lowest BCUT2D eigenvalue weighted by molar-refractivity contribution is -0.384. The maximum atomic E-state index is 12.1. The largest absolute Gasteiger partial charge is 0.411 e. The number of benzene rings is 2. The van der Waals surface area contributed by atoms with Crippen LogP contribution in [0.4, 0.5) is 11.4 Å². The summed E-state index contributed by atoms with van der Waals surface area (Å²) in [4.78, 5) is 22.7. The number of para-hydroxylation sites is 1. The average Bonchev–Trinajstić information content (AvgIpc) is 3.15. The molecule has 8 nitrogen and oxygen atoms in total. The van der Waals surface area contributed by atoms with Crippen LogP contribution in [0.2, 0.25) is 0 Å². The van der Waals surface area contributed by atoms with Crippen molar-refractivity contribution in [3.8, 4) is 11.5 Å². The smallest absolute Gasteiger partial charge is 0.282 e. The number of nitro benzene ring substituents is 1. The number of hydrogen-bond donors (Lipinski definition) is 1. The number of aromatic nitrogens is 2. The summed E-state index contributed by atoms with van der Waals surface area (Å²) < 4.78 is 5.46. The van der Waals surface area contributed by atoms with Crippen molar-refractivity contribution in [1.82, 2.24) is 10.2 Å². The predicted octanol–water partition coefficient (Wildman–Crippen LogP) is 4.50. The molecule has 3 rings (SSSR count). The van der Waals surface area contributed by atoms with Crippen molar-refractivity contribution in [2.24, 2.45) is 0 Å². The van der Waals surface area contributed by atoms with Crippen LogP contribution in [0.1, 0.15) is 25.3 Å². The number of thioether (sulfide) groups is 1. The summed E-state index contributed by atoms with van der Waals surface area (Å²) in [5.41, 5.74) is 2.02. The van der Waals surface area contributed by atoms with E-state index in [-0.39, 0.29) is 34.0 Å². The van der Waals surface area contributed by atoms with Gasteiger partial charge in [-0.15, -0.1) is 10.2 Å². The summed E-state index contributed by atoms with van der Waals surface area (Å²) >= 11 is 1.06. The maximum absolute atomic E-state index is 12.1. The van der Waals surface area contributed by atoms with Gasteiger partial charge in [0.25, 0.3) is 16.8 Å². The fraction of sp³-hybridized carbons (Fsp3) is 0.211. The third kappa shape index (κ3) is 4.74. The maximum Gasteiger partial charge on any atom is 0.282 e. The highest BCUT2D eigenvalue weighted by Gasteiger charge is 2.20. The highest BCUT2D eigenvalue weighted by atomic mass is 32.2. The van der Waals surface area contributed by atoms with Gasteiger partial charge < -0.3 is 9.73 Å². The summed E-state index contributed by atoms with van der Waals surface area (Å²) in [6.45, 7) is 4.21. The zero-order valence-electron chi connectivity index (χ0n) is 15.3. The molecule has 0 radical (unpaired) electrons. The minimum atomic E-state index is -0.510. The van der Waals surface area contributed by atoms with Gasteiger partial charge in [-0.2, -0.15) is 0 Å². The van der Waals surface area contributed by atoms with Crippen LogP contribution in [-0.4, -0.2) is 26.8 Å². The minimum Gasteiger partial charge on any atom is -0.411 e. The molecule has 0 unspecified atom stereocenters. The fourth-order valence-electron chi connectivity index (χ4n) is 2.47. The third-order valence-electron chi connectivity index (χ3n) is 3.93. The molecule has 144 valence electrons. The molecule has 0 aliphatic rings. The van der Waals surface area contributed by atoms with Crippen molar-refractivity contribution < 1.29 is 14.1 Å². The van der Waals surface area contributed by atoms with Gasteiger partial charge in [-0.3, -0.25) is 14.9 Å². The van der Waals surface area contributed by atoms with E-state index in [1.807, 2.05) is 24.3 Å². The second-order valence-electron chi connectivity index (χ2n) is 6.26. The molecule has 0 bridgehead atoms. The fourth-order valence-corrected chi connectivity index (χ4v) is 3.03. The van der Waals surface area contributed by atoms with Gasteiger partial charge in [0.2, 0.25) is 5.91 Å². The Hall–Kier alpha value is -3.20. The Bertz CT molecular complexity index is 986. The monoisotopic (exact) mass is 398 g/mol. The number of nitrogens with one attached hydrogen (secondary N) is 1. The van der Waals surface area contributed by atoms with Gasteiger partial charge in [0.1, 0.15) is 5.56 Å². The van der Waals surface area contributed by atoms with Crippen LogP contribution in [0.3, 0.4) is 0 Å². The van der Waals surface area contributed by atoms with E-state index in [0.717, 1.165) is 11.8 Å². The lowest BCUT2D eigenvalue weighted by Crippen LogP contribution is -2.14. The summed E-state index contributed by atoms with van der Waals surface area (Å²) in [5, 5.41) is 21.8. The van der Waals surface area contributed by atoms with E-state index in [9.17, 15) is 14.9 Å². The summed E-state index contributed by atoms with van der Waals surface area (Å²) in [6, 6.07) is 13.8. The molecule has 1 amide bonds. The minimum absolute atomic E-state index is 0.0412. The first-order valence-corrected chi connectivity index (χ1v) is 9.52. The SMILES string of the molecule is CC(C)c1ccc(NC(=O)CSc2nnc(-c3ccccc3[N+](=O)[O-])o2)cc1. The summed E-state index contributed by atoms with van der Waals surface area (Å²) in [5.74, 6) is 0.324. The Kier molecular flexibility index (Phi) is 6.05. The van der Waals surface area contributed by atoms with Crippen LogP contribution < -0.4 is 5.32 Å². The first-order valence-electron chi connectivity index (χ1n) is 8.54. The molecule has 0 saturated heterocycles. The molecule has 1 aromatic heterocycles. The van der Waals surface area contributed by atoms with Crippen LogP contribution >= 0.6 is 11.8 Å². The number of carbonyl (C=O) groups is 1. The van der Waals surface area contributed by atoms with Crippen molar-refractivity contribution in [1.29, 1.82) is 0 Å². The van der Waals surface area contributed by atoms with Crippen LogP contribution in [0.25, 0.3) is 11.5 Å². The normalized spacial score (nSPS) is 10.8. The Labute approximate surface area is 165 Å². The van der Waals surface area contributed by atoms with Gasteiger partial charge in [-0.1, -0.05) is 49.9 Å². The molecule has 0 spiro atoms. The molecule has 0 fully saturated rings. The number of amides is 1. The van der Waals surface area contributed by atoms with Crippen molar-refractivity contribution in [2.45, 2.75) is 25.0 Å². The second-order valence-corrected chi connectivity index (χ2v) is 7.19. The molecule has 1 heterocycles. The highest BCUT2D eigenvalue weighted by molar-refractivity contribution is 7.99. The van der Waals surface area contributed by atoms with Crippen molar-refractivity contribution in [3.05, 3.63) is 64.2 Å². The number of nitrogens with zero attached hydrogens (tertiary/aromatic N) is 3. The van der Waals surface area contributed by atoms with Crippen molar-refractivity contribution in [2.75, 3.05) is 11.1 Å². The molecule has 28 heavy (non-hydrogen) atoms. The van der Waals surface area contributed by atoms with Gasteiger partial charge in [0.15, 0.2) is 0 Å². The number of hydrogen-bond acceptors (Lipinski definition) is 7. The van der Waals surface area contributed by atoms with E-state index < -0.39 is 4.92 Å². The molecule has 9 heteroatoms. The summed E-state index contributed by atoms with van der Waals surface area (Å²) in [7, 11) is 0. The van der Waals surface area contributed by atoms with Crippen LogP contribution in [0.15, 0.2) is 58.2 Å². The number of nitro groups is 1. The molecule has 1 N–H and O–H groups in total. The molecule has 0 atom stereocenters. The Balaban J connectivity index is 1.60. The van der Waals surface area contributed by atoms with E-state index in [4.69, 9.17) is 4.42 Å². The molecule has 0 saturated carbocycles. The van der Waals surface area contributed by atoms with Gasteiger partial charge in [-0.05, 0) is 29.7 Å². The van der Waals surface area contributed by atoms with E-state index in [2.05, 4.69) is 29.4 Å². The van der Waals surface area contributed by atoms with Crippen LogP contribution in [0.5, 0.6) is 0 Å². The Morgan fingerprint density at radius 3 is 2.57 bits per heavy atom. The van der Waals surface area contributed by atoms with Gasteiger partial charge >= 0.3 is 0 Å². The first-order chi connectivity index (χ1) is 13.4. The Morgan fingerprint density at radius 2 is 1.89 bits per heavy atom. The van der Waals surface area contributed by atoms with Crippen molar-refractivity contribution >= 4 is 29.0 Å². The highest BCUT2D eigenvalue weighted by Crippen LogP contribution is 2.30. The quantitative estimate of drug-likeness (QED) is 0.354. The van der Waals surface area contributed by atoms with Crippen LogP contribution in [-0.2, 0) is 4.79 Å². The molecule has 2 aromatic carbocycles. The Morgan fingerprint density at radius 1 is 1.18 bits per heavy atom. The topological polar surface area (TPSA) is 111 Å². The molecule has 0 aliphatic carbocycles. The van der Waals surface area contributed by atoms with Gasteiger partial charge in [-0.25, -0.2) is 0 Å². The second kappa shape index (κ2) is 8.66. The van der Waals surface area contributed by atoms with E-state index in [0.29, 0.717) is 11.6 Å². The lowest BCUT2D eigenvalue weighted by Gasteiger charge is -2.07. The third-order valence-corrected chi connectivity index (χ3v) is 4.74. The van der Waals surface area contributed by atoms with Crippen LogP contribution in [0, 0.1) is 10.1 Å². The van der Waals surface area contributed by atoms with Gasteiger partial charge in [0.05, 0.1) is 10.7 Å². The number of anilines is 1. The standard InChI is InChI=1S/C19H18N4O4S/c1-12(2)13-7-9-14(10-8-13)20-17(24)11-28-19-22-21-18(27-19)15-5-3-4-6-16(15)23(25)26/h3-10,12H,11H2,1-2H3,(H,20,24). The molecule has 0 aliphatic heterocycles. The van der Waals surface area contributed by atoms with Crippen molar-refractivity contribution in [3.63, 3.8) is 0 Å². The van der Waals surface area contributed by atoms with Gasteiger partial charge in [0, 0.05) is 11.8 Å². The van der Waals surface area contributed by atoms with E-state index >= 15 is 0 Å². The zero-order chi connectivity index (χ0) is 20.1. The average molecular weight is 398 g/mol. The predicted molar refractivity (Wildman–Crippen MR) is 106 cm³/mol. The van der Waals surface area contributed by atoms with E-state index in [1.165, 1.54) is 17.7 Å². The first kappa shape index (κ1) is 19.6. The molecular weight excluding hydrogens is 380 g/mol.